The fourth-order valence-electron chi connectivity index (χ4n) is 3.55. The van der Waals surface area contributed by atoms with E-state index in [1.807, 2.05) is 25.1 Å². The van der Waals surface area contributed by atoms with E-state index in [-0.39, 0.29) is 16.8 Å². The van der Waals surface area contributed by atoms with Gasteiger partial charge in [-0.25, -0.2) is 24.3 Å². The fraction of sp³-hybridized carbons (Fsp3) is 0.167. The lowest BCUT2D eigenvalue weighted by Crippen LogP contribution is -2.19. The van der Waals surface area contributed by atoms with Crippen LogP contribution in [-0.4, -0.2) is 40.2 Å². The van der Waals surface area contributed by atoms with E-state index >= 15 is 0 Å². The number of aliphatic hydroxyl groups is 1. The third-order valence-corrected chi connectivity index (χ3v) is 5.64. The van der Waals surface area contributed by atoms with E-state index in [0.29, 0.717) is 22.6 Å². The number of pyridine rings is 1. The molecule has 3 N–H and O–H groups in total. The van der Waals surface area contributed by atoms with E-state index in [1.165, 1.54) is 0 Å². The Morgan fingerprint density at radius 3 is 2.66 bits per heavy atom. The molecule has 176 valence electrons. The Kier molecular flexibility index (Phi) is 5.62. The Morgan fingerprint density at radius 2 is 1.89 bits per heavy atom. The van der Waals surface area contributed by atoms with Gasteiger partial charge in [-0.15, -0.1) is 0 Å². The summed E-state index contributed by atoms with van der Waals surface area (Å²) in [4.78, 5) is 21.4. The van der Waals surface area contributed by atoms with Crippen LogP contribution in [0, 0.1) is 12.7 Å². The van der Waals surface area contributed by atoms with Crippen molar-refractivity contribution in [1.82, 2.24) is 35.1 Å². The Hall–Kier alpha value is -4.02. The van der Waals surface area contributed by atoms with Crippen molar-refractivity contribution in [3.8, 4) is 22.5 Å². The summed E-state index contributed by atoms with van der Waals surface area (Å²) in [6.07, 6.45) is 4.33. The van der Waals surface area contributed by atoms with Crippen LogP contribution in [0.4, 0.5) is 16.2 Å². The van der Waals surface area contributed by atoms with Gasteiger partial charge in [-0.3, -0.25) is 5.10 Å². The second-order valence-corrected chi connectivity index (χ2v) is 8.90. The summed E-state index contributed by atoms with van der Waals surface area (Å²) in [5, 5.41) is 21.4. The van der Waals surface area contributed by atoms with E-state index in [2.05, 4.69) is 40.4 Å². The zero-order chi connectivity index (χ0) is 24.7. The lowest BCUT2D eigenvalue weighted by atomic mass is 9.99. The van der Waals surface area contributed by atoms with Crippen LogP contribution in [0.2, 0.25) is 5.02 Å². The maximum atomic E-state index is 13.3. The Balaban J connectivity index is 1.51. The number of rotatable bonds is 5. The predicted molar refractivity (Wildman–Crippen MR) is 131 cm³/mol. The van der Waals surface area contributed by atoms with Gasteiger partial charge in [0.1, 0.15) is 11.4 Å². The number of anilines is 2. The lowest BCUT2D eigenvalue weighted by Gasteiger charge is -2.16. The third-order valence-electron chi connectivity index (χ3n) is 5.36. The number of fused-ring (bicyclic) bond motifs is 1. The number of nitrogens with one attached hydrogen (secondary N) is 2. The third kappa shape index (κ3) is 4.53. The summed E-state index contributed by atoms with van der Waals surface area (Å²) >= 11 is 6.03. The van der Waals surface area contributed by atoms with Crippen molar-refractivity contribution in [1.29, 1.82) is 0 Å². The summed E-state index contributed by atoms with van der Waals surface area (Å²) in [7, 11) is 0. The number of benzene rings is 1. The average molecular weight is 491 g/mol. The second-order valence-electron chi connectivity index (χ2n) is 8.49. The highest BCUT2D eigenvalue weighted by Crippen LogP contribution is 2.32. The molecule has 0 saturated heterocycles. The molecule has 0 fully saturated rings. The molecule has 0 aliphatic heterocycles. The highest BCUT2D eigenvalue weighted by atomic mass is 35.5. The first-order valence-corrected chi connectivity index (χ1v) is 11.0. The molecule has 11 heteroatoms. The summed E-state index contributed by atoms with van der Waals surface area (Å²) < 4.78 is 13.3. The van der Waals surface area contributed by atoms with Crippen molar-refractivity contribution in [2.45, 2.75) is 26.4 Å². The van der Waals surface area contributed by atoms with E-state index in [9.17, 15) is 9.50 Å². The van der Waals surface area contributed by atoms with Crippen molar-refractivity contribution in [2.75, 3.05) is 5.32 Å². The number of nitrogens with zero attached hydrogens (tertiary/aromatic N) is 6. The molecule has 0 saturated carbocycles. The average Bonchev–Trinajstić information content (AvgIpc) is 3.24. The van der Waals surface area contributed by atoms with Gasteiger partial charge in [0.05, 0.1) is 28.0 Å². The van der Waals surface area contributed by atoms with Crippen LogP contribution in [0.5, 0.6) is 0 Å². The van der Waals surface area contributed by atoms with Gasteiger partial charge in [0.25, 0.3) is 0 Å². The van der Waals surface area contributed by atoms with Gasteiger partial charge in [-0.1, -0.05) is 23.7 Å². The van der Waals surface area contributed by atoms with Crippen molar-refractivity contribution >= 4 is 34.4 Å². The standard InChI is InChI=1S/C24H20ClFN8O/c1-12-4-5-13(18-6-7-27-22(30-18)24(2,3)35)8-15(12)19-16-11-29-23(31-20(16)34-33-19)32-21-17(25)9-14(26)10-28-21/h4-11,35H,1-3H3,(H2,28,29,31,32,33,34). The molecule has 5 rings (SSSR count). The van der Waals surface area contributed by atoms with Crippen LogP contribution in [0.1, 0.15) is 25.2 Å². The molecule has 4 heterocycles. The molecule has 1 aromatic carbocycles. The first-order valence-electron chi connectivity index (χ1n) is 10.7. The molecule has 0 radical (unpaired) electrons. The van der Waals surface area contributed by atoms with Gasteiger partial charge in [-0.05, 0) is 44.5 Å². The smallest absolute Gasteiger partial charge is 0.230 e. The van der Waals surface area contributed by atoms with Crippen molar-refractivity contribution in [3.05, 3.63) is 71.2 Å². The van der Waals surface area contributed by atoms with Gasteiger partial charge in [0.15, 0.2) is 17.3 Å². The quantitative estimate of drug-likeness (QED) is 0.316. The molecule has 0 spiro atoms. The summed E-state index contributed by atoms with van der Waals surface area (Å²) in [6.45, 7) is 5.28. The Labute approximate surface area is 204 Å². The Bertz CT molecular complexity index is 1560. The minimum Gasteiger partial charge on any atom is -0.382 e. The van der Waals surface area contributed by atoms with Crippen molar-refractivity contribution < 1.29 is 9.50 Å². The molecule has 35 heavy (non-hydrogen) atoms. The van der Waals surface area contributed by atoms with Crippen LogP contribution < -0.4 is 5.32 Å². The minimum atomic E-state index is -1.15. The van der Waals surface area contributed by atoms with Crippen LogP contribution >= 0.6 is 11.6 Å². The van der Waals surface area contributed by atoms with Crippen LogP contribution in [0.25, 0.3) is 33.5 Å². The number of hydrogen-bond donors (Lipinski definition) is 3. The minimum absolute atomic E-state index is 0.112. The molecule has 4 aromatic heterocycles. The molecular formula is C24H20ClFN8O. The summed E-state index contributed by atoms with van der Waals surface area (Å²) in [5.41, 5.74) is 3.50. The molecular weight excluding hydrogens is 471 g/mol. The number of aromatic nitrogens is 7. The van der Waals surface area contributed by atoms with Crippen LogP contribution in [0.3, 0.4) is 0 Å². The van der Waals surface area contributed by atoms with Crippen LogP contribution in [-0.2, 0) is 5.60 Å². The second kappa shape index (κ2) is 8.64. The molecule has 9 nitrogen and oxygen atoms in total. The monoisotopic (exact) mass is 490 g/mol. The molecule has 0 aliphatic rings. The zero-order valence-corrected chi connectivity index (χ0v) is 19.8. The van der Waals surface area contributed by atoms with Gasteiger partial charge >= 0.3 is 0 Å². The van der Waals surface area contributed by atoms with E-state index in [4.69, 9.17) is 11.6 Å². The molecule has 5 aromatic rings. The number of halogens is 2. The Morgan fingerprint density at radius 1 is 1.06 bits per heavy atom. The normalized spacial score (nSPS) is 11.7. The van der Waals surface area contributed by atoms with Gasteiger partial charge < -0.3 is 10.4 Å². The van der Waals surface area contributed by atoms with Gasteiger partial charge in [-0.2, -0.15) is 10.1 Å². The maximum Gasteiger partial charge on any atom is 0.230 e. The van der Waals surface area contributed by atoms with Crippen molar-refractivity contribution in [2.24, 2.45) is 0 Å². The number of aryl methyl sites for hydroxylation is 1. The van der Waals surface area contributed by atoms with Gasteiger partial charge in [0, 0.05) is 23.5 Å². The van der Waals surface area contributed by atoms with E-state index in [1.54, 1.807) is 32.3 Å². The maximum absolute atomic E-state index is 13.3. The number of aromatic amines is 1. The fourth-order valence-corrected chi connectivity index (χ4v) is 3.75. The zero-order valence-electron chi connectivity index (χ0n) is 19.0. The first kappa shape index (κ1) is 22.8. The molecule has 0 bridgehead atoms. The highest BCUT2D eigenvalue weighted by Gasteiger charge is 2.20. The molecule has 0 amide bonds. The SMILES string of the molecule is Cc1ccc(-c2ccnc(C(C)(C)O)n2)cc1-c1[nH]nc2nc(Nc3ncc(F)cc3Cl)ncc12. The van der Waals surface area contributed by atoms with E-state index in [0.717, 1.165) is 34.6 Å². The molecule has 0 atom stereocenters. The summed E-state index contributed by atoms with van der Waals surface area (Å²) in [5.74, 6) is 0.266. The first-order chi connectivity index (χ1) is 16.7. The molecule has 0 unspecified atom stereocenters. The number of H-pyrrole nitrogens is 1. The summed E-state index contributed by atoms with van der Waals surface area (Å²) in [6, 6.07) is 8.89. The van der Waals surface area contributed by atoms with Crippen LogP contribution in [0.15, 0.2) is 48.9 Å². The largest absolute Gasteiger partial charge is 0.382 e. The van der Waals surface area contributed by atoms with Crippen molar-refractivity contribution in [3.63, 3.8) is 0 Å². The lowest BCUT2D eigenvalue weighted by molar-refractivity contribution is 0.0688. The predicted octanol–water partition coefficient (Wildman–Crippen LogP) is 4.94. The molecule has 0 aliphatic carbocycles. The highest BCUT2D eigenvalue weighted by molar-refractivity contribution is 6.33. The van der Waals surface area contributed by atoms with E-state index < -0.39 is 11.4 Å². The number of hydrogen-bond acceptors (Lipinski definition) is 8. The topological polar surface area (TPSA) is 125 Å². The van der Waals surface area contributed by atoms with Gasteiger partial charge in [0.2, 0.25) is 5.95 Å².